The van der Waals surface area contributed by atoms with Crippen LogP contribution < -0.4 is 0 Å². The molecule has 0 aliphatic carbocycles. The number of rotatable bonds is 2. The van der Waals surface area contributed by atoms with Crippen LogP contribution in [0.15, 0.2) is 30.7 Å². The number of halogens is 1. The molecule has 5 nitrogen and oxygen atoms in total. The average Bonchev–Trinajstić information content (AvgIpc) is 3.08. The van der Waals surface area contributed by atoms with Crippen LogP contribution in [0.4, 0.5) is 4.39 Å². The van der Waals surface area contributed by atoms with Crippen molar-refractivity contribution in [2.24, 2.45) is 7.05 Å². The summed E-state index contributed by atoms with van der Waals surface area (Å²) in [6, 6.07) is 3.91. The minimum absolute atomic E-state index is 0.135. The van der Waals surface area contributed by atoms with Gasteiger partial charge in [-0.15, -0.1) is 0 Å². The molecule has 2 aliphatic rings. The summed E-state index contributed by atoms with van der Waals surface area (Å²) in [4.78, 5) is 18.4. The fourth-order valence-electron chi connectivity index (χ4n) is 4.22. The summed E-state index contributed by atoms with van der Waals surface area (Å²) in [5.74, 6) is -0.308. The number of nitrogens with zero attached hydrogens (tertiary/aromatic N) is 4. The van der Waals surface area contributed by atoms with Gasteiger partial charge >= 0.3 is 0 Å². The third-order valence-electron chi connectivity index (χ3n) is 5.25. The van der Waals surface area contributed by atoms with Gasteiger partial charge in [0.05, 0.1) is 11.8 Å². The second-order valence-corrected chi connectivity index (χ2v) is 6.50. The van der Waals surface area contributed by atoms with E-state index in [1.807, 2.05) is 22.8 Å². The van der Waals surface area contributed by atoms with E-state index in [9.17, 15) is 9.18 Å². The summed E-state index contributed by atoms with van der Waals surface area (Å²) >= 11 is 0. The number of carbonyl (C=O) groups excluding carboxylic acids is 1. The monoisotopic (exact) mass is 314 g/mol. The summed E-state index contributed by atoms with van der Waals surface area (Å²) < 4.78 is 15.8. The lowest BCUT2D eigenvalue weighted by Crippen LogP contribution is -2.46. The molecule has 120 valence electrons. The molecule has 0 aromatic carbocycles. The van der Waals surface area contributed by atoms with E-state index < -0.39 is 5.82 Å². The van der Waals surface area contributed by atoms with Gasteiger partial charge in [0.1, 0.15) is 0 Å². The minimum atomic E-state index is -0.536. The Balaban J connectivity index is 1.58. The molecule has 4 rings (SSSR count). The number of fused-ring (bicyclic) bond motifs is 2. The average molecular weight is 314 g/mol. The highest BCUT2D eigenvalue weighted by molar-refractivity contribution is 5.95. The standard InChI is InChI=1S/C17H19FN4O/c1-21-16(5-7-20-21)11-8-12-2-3-13(9-11)22(12)17(23)14-4-6-19-10-15(14)18/h4-7,10-13H,2-3,8-9H2,1H3. The molecule has 2 aromatic heterocycles. The molecule has 2 unspecified atom stereocenters. The molecule has 0 radical (unpaired) electrons. The molecule has 0 spiro atoms. The highest BCUT2D eigenvalue weighted by Gasteiger charge is 2.44. The van der Waals surface area contributed by atoms with Crippen LogP contribution in [0.2, 0.25) is 0 Å². The number of piperidine rings is 1. The fourth-order valence-corrected chi connectivity index (χ4v) is 4.22. The number of hydrogen-bond donors (Lipinski definition) is 0. The first-order valence-electron chi connectivity index (χ1n) is 8.05. The van der Waals surface area contributed by atoms with Crippen molar-refractivity contribution in [3.05, 3.63) is 47.8 Å². The Morgan fingerprint density at radius 1 is 1.22 bits per heavy atom. The van der Waals surface area contributed by atoms with Crippen LogP contribution in [0.3, 0.4) is 0 Å². The Morgan fingerprint density at radius 2 is 1.96 bits per heavy atom. The lowest BCUT2D eigenvalue weighted by Gasteiger charge is -2.39. The zero-order chi connectivity index (χ0) is 16.0. The first-order valence-corrected chi connectivity index (χ1v) is 8.05. The van der Waals surface area contributed by atoms with Gasteiger partial charge in [-0.25, -0.2) is 4.39 Å². The van der Waals surface area contributed by atoms with E-state index >= 15 is 0 Å². The maximum absolute atomic E-state index is 13.9. The van der Waals surface area contributed by atoms with E-state index in [1.54, 1.807) is 0 Å². The SMILES string of the molecule is Cn1nccc1C1CC2CCC(C1)N2C(=O)c1ccncc1F. The van der Waals surface area contributed by atoms with Gasteiger partial charge in [-0.3, -0.25) is 14.5 Å². The van der Waals surface area contributed by atoms with Gasteiger partial charge < -0.3 is 4.90 Å². The van der Waals surface area contributed by atoms with E-state index in [2.05, 4.69) is 16.1 Å². The zero-order valence-corrected chi connectivity index (χ0v) is 13.0. The predicted molar refractivity (Wildman–Crippen MR) is 82.4 cm³/mol. The Labute approximate surface area is 134 Å². The van der Waals surface area contributed by atoms with Crippen LogP contribution >= 0.6 is 0 Å². The van der Waals surface area contributed by atoms with Crippen LogP contribution in [0, 0.1) is 5.82 Å². The van der Waals surface area contributed by atoms with E-state index in [1.165, 1.54) is 18.0 Å². The lowest BCUT2D eigenvalue weighted by molar-refractivity contribution is 0.0563. The quantitative estimate of drug-likeness (QED) is 0.856. The number of pyridine rings is 1. The van der Waals surface area contributed by atoms with Crippen molar-refractivity contribution in [1.29, 1.82) is 0 Å². The Hall–Kier alpha value is -2.24. The second-order valence-electron chi connectivity index (χ2n) is 6.50. The van der Waals surface area contributed by atoms with Crippen LogP contribution in [0.25, 0.3) is 0 Å². The Kier molecular flexibility index (Phi) is 3.39. The molecular weight excluding hydrogens is 295 g/mol. The number of amides is 1. The predicted octanol–water partition coefficient (Wildman–Crippen LogP) is 2.51. The van der Waals surface area contributed by atoms with Gasteiger partial charge in [-0.2, -0.15) is 5.10 Å². The van der Waals surface area contributed by atoms with E-state index in [4.69, 9.17) is 0 Å². The van der Waals surface area contributed by atoms with Gasteiger partial charge in [0.15, 0.2) is 5.82 Å². The molecule has 4 heterocycles. The number of aromatic nitrogens is 3. The van der Waals surface area contributed by atoms with Crippen molar-refractivity contribution in [1.82, 2.24) is 19.7 Å². The number of hydrogen-bond acceptors (Lipinski definition) is 3. The lowest BCUT2D eigenvalue weighted by atomic mass is 9.87. The highest BCUT2D eigenvalue weighted by atomic mass is 19.1. The number of aryl methyl sites for hydroxylation is 1. The van der Waals surface area contributed by atoms with Crippen molar-refractivity contribution < 1.29 is 9.18 Å². The smallest absolute Gasteiger partial charge is 0.257 e. The van der Waals surface area contributed by atoms with Gasteiger partial charge in [-0.1, -0.05) is 0 Å². The summed E-state index contributed by atoms with van der Waals surface area (Å²) in [6.07, 6.45) is 8.25. The minimum Gasteiger partial charge on any atom is -0.333 e. The van der Waals surface area contributed by atoms with Gasteiger partial charge in [0, 0.05) is 43.1 Å². The molecule has 2 aromatic rings. The van der Waals surface area contributed by atoms with Crippen LogP contribution in [-0.2, 0) is 7.05 Å². The summed E-state index contributed by atoms with van der Waals surface area (Å²) in [7, 11) is 1.96. The van der Waals surface area contributed by atoms with Gasteiger partial charge in [0.25, 0.3) is 5.91 Å². The summed E-state index contributed by atoms with van der Waals surface area (Å²) in [5, 5.41) is 4.26. The van der Waals surface area contributed by atoms with E-state index in [0.29, 0.717) is 5.92 Å². The Bertz CT molecular complexity index is 730. The molecule has 23 heavy (non-hydrogen) atoms. The molecule has 2 fully saturated rings. The molecule has 2 atom stereocenters. The molecule has 1 amide bonds. The molecule has 2 aliphatic heterocycles. The maximum atomic E-state index is 13.9. The first-order chi connectivity index (χ1) is 11.1. The topological polar surface area (TPSA) is 51.0 Å². The largest absolute Gasteiger partial charge is 0.333 e. The first kappa shape index (κ1) is 14.4. The summed E-state index contributed by atoms with van der Waals surface area (Å²) in [5.41, 5.74) is 1.36. The van der Waals surface area contributed by atoms with Gasteiger partial charge in [-0.05, 0) is 37.8 Å². The van der Waals surface area contributed by atoms with Crippen LogP contribution in [-0.4, -0.2) is 37.7 Å². The maximum Gasteiger partial charge on any atom is 0.257 e. The summed E-state index contributed by atoms with van der Waals surface area (Å²) in [6.45, 7) is 0. The third kappa shape index (κ3) is 2.33. The Morgan fingerprint density at radius 3 is 2.57 bits per heavy atom. The third-order valence-corrected chi connectivity index (χ3v) is 5.25. The fraction of sp³-hybridized carbons (Fsp3) is 0.471. The van der Waals surface area contributed by atoms with Crippen molar-refractivity contribution in [3.63, 3.8) is 0 Å². The molecular formula is C17H19FN4O. The van der Waals surface area contributed by atoms with Crippen molar-refractivity contribution in [2.75, 3.05) is 0 Å². The highest BCUT2D eigenvalue weighted by Crippen LogP contribution is 2.43. The van der Waals surface area contributed by atoms with Crippen molar-refractivity contribution in [3.8, 4) is 0 Å². The zero-order valence-electron chi connectivity index (χ0n) is 13.0. The molecule has 2 bridgehead atoms. The van der Waals surface area contributed by atoms with Crippen molar-refractivity contribution >= 4 is 5.91 Å². The van der Waals surface area contributed by atoms with Crippen LogP contribution in [0.1, 0.15) is 47.7 Å². The van der Waals surface area contributed by atoms with E-state index in [-0.39, 0.29) is 23.6 Å². The number of carbonyl (C=O) groups is 1. The molecule has 6 heteroatoms. The molecule has 0 N–H and O–H groups in total. The van der Waals surface area contributed by atoms with Crippen molar-refractivity contribution in [2.45, 2.75) is 43.7 Å². The molecule has 2 saturated heterocycles. The normalized spacial score (nSPS) is 26.5. The van der Waals surface area contributed by atoms with E-state index in [0.717, 1.165) is 31.9 Å². The van der Waals surface area contributed by atoms with Crippen LogP contribution in [0.5, 0.6) is 0 Å². The molecule has 0 saturated carbocycles. The second kappa shape index (κ2) is 5.44. The van der Waals surface area contributed by atoms with Gasteiger partial charge in [0.2, 0.25) is 0 Å².